The fourth-order valence-electron chi connectivity index (χ4n) is 2.85. The Morgan fingerprint density at radius 1 is 1.13 bits per heavy atom. The molecule has 1 heterocycles. The minimum atomic E-state index is -0.442. The first-order valence-electron chi connectivity index (χ1n) is 9.87. The van der Waals surface area contributed by atoms with Crippen LogP contribution in [0.15, 0.2) is 58.4 Å². The number of nitrogens with zero attached hydrogens (tertiary/aromatic N) is 2. The summed E-state index contributed by atoms with van der Waals surface area (Å²) in [5.41, 5.74) is 1.43. The molecule has 162 valence electrons. The van der Waals surface area contributed by atoms with E-state index in [0.29, 0.717) is 34.5 Å². The van der Waals surface area contributed by atoms with Gasteiger partial charge < -0.3 is 14.2 Å². The Morgan fingerprint density at radius 2 is 1.87 bits per heavy atom. The highest BCUT2D eigenvalue weighted by Gasteiger charge is 2.32. The fraction of sp³-hybridized carbons (Fsp3) is 0.261. The van der Waals surface area contributed by atoms with Gasteiger partial charge in [0.05, 0.1) is 24.3 Å². The smallest absolute Gasteiger partial charge is 0.344 e. The number of para-hydroxylation sites is 1. The summed E-state index contributed by atoms with van der Waals surface area (Å²) in [5, 5.41) is 0.605. The fourth-order valence-corrected chi connectivity index (χ4v) is 3.90. The van der Waals surface area contributed by atoms with Crippen molar-refractivity contribution in [2.24, 2.45) is 4.99 Å². The number of methoxy groups -OCH3 is 1. The second-order valence-corrected chi connectivity index (χ2v) is 7.39. The van der Waals surface area contributed by atoms with Crippen molar-refractivity contribution in [1.82, 2.24) is 4.90 Å². The summed E-state index contributed by atoms with van der Waals surface area (Å²) in [6.07, 6.45) is 1.76. The molecule has 3 rings (SSSR count). The molecule has 0 aliphatic carbocycles. The quantitative estimate of drug-likeness (QED) is 0.451. The summed E-state index contributed by atoms with van der Waals surface area (Å²) in [6.45, 7) is 4.24. The molecule has 1 fully saturated rings. The van der Waals surface area contributed by atoms with Gasteiger partial charge in [-0.2, -0.15) is 0 Å². The van der Waals surface area contributed by atoms with Crippen LogP contribution in [0.3, 0.4) is 0 Å². The zero-order valence-electron chi connectivity index (χ0n) is 17.7. The Labute approximate surface area is 185 Å². The van der Waals surface area contributed by atoms with E-state index in [1.165, 1.54) is 11.8 Å². The Kier molecular flexibility index (Phi) is 7.72. The van der Waals surface area contributed by atoms with Crippen LogP contribution in [0.25, 0.3) is 6.08 Å². The number of benzene rings is 2. The second-order valence-electron chi connectivity index (χ2n) is 6.38. The number of hydrogen-bond acceptors (Lipinski definition) is 7. The van der Waals surface area contributed by atoms with E-state index in [4.69, 9.17) is 14.2 Å². The normalized spacial score (nSPS) is 16.1. The van der Waals surface area contributed by atoms with Crippen molar-refractivity contribution in [2.45, 2.75) is 13.8 Å². The Bertz CT molecular complexity index is 1000. The highest BCUT2D eigenvalue weighted by atomic mass is 32.2. The Balaban J connectivity index is 1.83. The summed E-state index contributed by atoms with van der Waals surface area (Å²) in [7, 11) is 1.61. The van der Waals surface area contributed by atoms with Crippen LogP contribution in [0.2, 0.25) is 0 Å². The first-order chi connectivity index (χ1) is 15.0. The van der Waals surface area contributed by atoms with Crippen LogP contribution in [-0.2, 0) is 14.3 Å². The minimum Gasteiger partial charge on any atom is -0.497 e. The van der Waals surface area contributed by atoms with Gasteiger partial charge in [0.1, 0.15) is 11.5 Å². The molecular weight excluding hydrogens is 416 g/mol. The van der Waals surface area contributed by atoms with Gasteiger partial charge in [0.2, 0.25) is 0 Å². The Morgan fingerprint density at radius 3 is 2.55 bits per heavy atom. The average Bonchev–Trinajstić information content (AvgIpc) is 3.07. The number of carbonyl (C=O) groups is 2. The lowest BCUT2D eigenvalue weighted by Crippen LogP contribution is -2.28. The maximum Gasteiger partial charge on any atom is 0.344 e. The van der Waals surface area contributed by atoms with Crippen LogP contribution in [0.5, 0.6) is 11.5 Å². The molecule has 0 N–H and O–H groups in total. The zero-order chi connectivity index (χ0) is 22.2. The van der Waals surface area contributed by atoms with Crippen molar-refractivity contribution in [2.75, 3.05) is 26.9 Å². The van der Waals surface area contributed by atoms with Crippen molar-refractivity contribution in [3.63, 3.8) is 0 Å². The molecule has 8 heteroatoms. The van der Waals surface area contributed by atoms with Crippen molar-refractivity contribution >= 4 is 40.6 Å². The van der Waals surface area contributed by atoms with E-state index < -0.39 is 5.97 Å². The van der Waals surface area contributed by atoms with Gasteiger partial charge in [0.25, 0.3) is 5.91 Å². The number of hydrogen-bond donors (Lipinski definition) is 0. The summed E-state index contributed by atoms with van der Waals surface area (Å²) < 4.78 is 15.7. The van der Waals surface area contributed by atoms with Crippen molar-refractivity contribution in [3.8, 4) is 11.5 Å². The predicted molar refractivity (Wildman–Crippen MR) is 122 cm³/mol. The molecule has 1 aliphatic heterocycles. The molecule has 1 saturated heterocycles. The van der Waals surface area contributed by atoms with Crippen molar-refractivity contribution < 1.29 is 23.8 Å². The third kappa shape index (κ3) is 5.67. The lowest BCUT2D eigenvalue weighted by atomic mass is 10.2. The molecule has 0 aromatic heterocycles. The number of amides is 1. The topological polar surface area (TPSA) is 77.4 Å². The highest BCUT2D eigenvalue weighted by Crippen LogP contribution is 2.35. The van der Waals surface area contributed by atoms with E-state index in [0.717, 1.165) is 11.4 Å². The summed E-state index contributed by atoms with van der Waals surface area (Å²) >= 11 is 1.30. The summed E-state index contributed by atoms with van der Waals surface area (Å²) in [5.74, 6) is 0.675. The minimum absolute atomic E-state index is 0.125. The third-order valence-electron chi connectivity index (χ3n) is 4.36. The van der Waals surface area contributed by atoms with E-state index in [1.54, 1.807) is 37.1 Å². The highest BCUT2D eigenvalue weighted by molar-refractivity contribution is 8.18. The SMILES string of the molecule is CCOC(=O)COc1ccccc1/C=C1/SC(=Nc2ccc(OC)cc2)N(CC)C1=O. The maximum absolute atomic E-state index is 12.9. The Hall–Kier alpha value is -3.26. The number of carbonyl (C=O) groups excluding carboxylic acids is 2. The number of ether oxygens (including phenoxy) is 3. The van der Waals surface area contributed by atoms with Gasteiger partial charge in [-0.05, 0) is 62.0 Å². The number of amidine groups is 1. The van der Waals surface area contributed by atoms with Gasteiger partial charge >= 0.3 is 5.97 Å². The molecule has 2 aromatic carbocycles. The monoisotopic (exact) mass is 440 g/mol. The third-order valence-corrected chi connectivity index (χ3v) is 5.36. The molecular formula is C23H24N2O5S. The number of likely N-dealkylation sites (N-methyl/N-ethyl adjacent to an activating group) is 1. The molecule has 1 amide bonds. The molecule has 0 saturated carbocycles. The molecule has 0 atom stereocenters. The van der Waals surface area contributed by atoms with Gasteiger partial charge in [-0.15, -0.1) is 0 Å². The molecule has 2 aromatic rings. The lowest BCUT2D eigenvalue weighted by Gasteiger charge is -2.12. The van der Waals surface area contributed by atoms with E-state index in [2.05, 4.69) is 4.99 Å². The number of esters is 1. The van der Waals surface area contributed by atoms with Crippen LogP contribution in [0.1, 0.15) is 19.4 Å². The number of thioether (sulfide) groups is 1. The van der Waals surface area contributed by atoms with E-state index in [9.17, 15) is 9.59 Å². The van der Waals surface area contributed by atoms with Crippen LogP contribution in [0.4, 0.5) is 5.69 Å². The van der Waals surface area contributed by atoms with Crippen LogP contribution in [-0.4, -0.2) is 48.8 Å². The standard InChI is InChI=1S/C23H24N2O5S/c1-4-25-22(27)20(31-23(25)24-17-10-12-18(28-3)13-11-17)14-16-8-6-7-9-19(16)30-15-21(26)29-5-2/h6-14H,4-5,15H2,1-3H3/b20-14+,24-23?. The van der Waals surface area contributed by atoms with E-state index in [-0.39, 0.29) is 12.5 Å². The van der Waals surface area contributed by atoms with Crippen molar-refractivity contribution in [3.05, 3.63) is 59.0 Å². The molecule has 0 radical (unpaired) electrons. The summed E-state index contributed by atoms with van der Waals surface area (Å²) in [6, 6.07) is 14.6. The van der Waals surface area contributed by atoms with E-state index in [1.807, 2.05) is 43.3 Å². The van der Waals surface area contributed by atoms with Crippen LogP contribution >= 0.6 is 11.8 Å². The van der Waals surface area contributed by atoms with E-state index >= 15 is 0 Å². The average molecular weight is 441 g/mol. The van der Waals surface area contributed by atoms with Gasteiger partial charge in [-0.3, -0.25) is 9.69 Å². The first kappa shape index (κ1) is 22.4. The molecule has 1 aliphatic rings. The van der Waals surface area contributed by atoms with Gasteiger partial charge in [-0.1, -0.05) is 18.2 Å². The summed E-state index contributed by atoms with van der Waals surface area (Å²) in [4.78, 5) is 31.3. The maximum atomic E-state index is 12.9. The van der Waals surface area contributed by atoms with Gasteiger partial charge in [0.15, 0.2) is 11.8 Å². The number of aliphatic imine (C=N–C) groups is 1. The molecule has 31 heavy (non-hydrogen) atoms. The number of rotatable bonds is 8. The molecule has 0 unspecified atom stereocenters. The second kappa shape index (κ2) is 10.7. The molecule has 0 spiro atoms. The van der Waals surface area contributed by atoms with Gasteiger partial charge in [-0.25, -0.2) is 9.79 Å². The zero-order valence-corrected chi connectivity index (χ0v) is 18.5. The lowest BCUT2D eigenvalue weighted by molar-refractivity contribution is -0.145. The predicted octanol–water partition coefficient (Wildman–Crippen LogP) is 4.26. The first-order valence-corrected chi connectivity index (χ1v) is 10.7. The van der Waals surface area contributed by atoms with Crippen molar-refractivity contribution in [1.29, 1.82) is 0 Å². The molecule has 7 nitrogen and oxygen atoms in total. The largest absolute Gasteiger partial charge is 0.497 e. The van der Waals surface area contributed by atoms with Crippen LogP contribution in [0, 0.1) is 0 Å². The van der Waals surface area contributed by atoms with Crippen LogP contribution < -0.4 is 9.47 Å². The van der Waals surface area contributed by atoms with Gasteiger partial charge in [0, 0.05) is 12.1 Å². The molecule has 0 bridgehead atoms.